The Hall–Kier alpha value is -0.990. The molecule has 3 rings (SSSR count). The van der Waals surface area contributed by atoms with E-state index in [1.807, 2.05) is 0 Å². The summed E-state index contributed by atoms with van der Waals surface area (Å²) in [5.41, 5.74) is 2.59. The molecule has 0 fully saturated rings. The number of methoxy groups -OCH3 is 1. The zero-order valence-corrected chi connectivity index (χ0v) is 17.8. The Bertz CT molecular complexity index is 926. The Morgan fingerprint density at radius 1 is 1.27 bits per heavy atom. The summed E-state index contributed by atoms with van der Waals surface area (Å²) in [4.78, 5) is 2.19. The molecule has 0 radical (unpaired) electrons. The molecule has 142 valence electrons. The third-order valence-electron chi connectivity index (χ3n) is 4.66. The van der Waals surface area contributed by atoms with Crippen LogP contribution in [0.25, 0.3) is 0 Å². The number of rotatable bonds is 5. The molecule has 1 N–H and O–H groups in total. The Morgan fingerprint density at radius 3 is 2.58 bits per heavy atom. The van der Waals surface area contributed by atoms with Gasteiger partial charge in [-0.25, -0.2) is 8.42 Å². The number of hydrogen-bond donors (Lipinski definition) is 1. The van der Waals surface area contributed by atoms with Crippen molar-refractivity contribution in [1.82, 2.24) is 4.90 Å². The summed E-state index contributed by atoms with van der Waals surface area (Å²) in [7, 11) is 1.92. The lowest BCUT2D eigenvalue weighted by atomic mass is 9.86. The Kier molecular flexibility index (Phi) is 5.75. The van der Waals surface area contributed by atoms with Gasteiger partial charge < -0.3 is 9.64 Å². The van der Waals surface area contributed by atoms with Crippen LogP contribution in [0.3, 0.4) is 0 Å². The van der Waals surface area contributed by atoms with E-state index in [0.717, 1.165) is 47.5 Å². The Balaban J connectivity index is 1.99. The molecule has 1 aromatic carbocycles. The summed E-state index contributed by atoms with van der Waals surface area (Å²) in [5.74, 6) is 0.783. The third-order valence-corrected chi connectivity index (χ3v) is 7.78. The predicted molar refractivity (Wildman–Crippen MR) is 108 cm³/mol. The van der Waals surface area contributed by atoms with Crippen LogP contribution in [0.2, 0.25) is 8.67 Å². The second-order valence-corrected chi connectivity index (χ2v) is 10.4. The molecule has 0 saturated heterocycles. The number of nitrogens with zero attached hydrogens (tertiary/aromatic N) is 1. The number of halogens is 2. The first kappa shape index (κ1) is 19.8. The summed E-state index contributed by atoms with van der Waals surface area (Å²) in [6, 6.07) is 5.31. The molecule has 5 nitrogen and oxygen atoms in total. The Labute approximate surface area is 167 Å². The highest BCUT2D eigenvalue weighted by Crippen LogP contribution is 2.39. The average Bonchev–Trinajstić information content (AvgIpc) is 2.93. The van der Waals surface area contributed by atoms with Crippen LogP contribution in [0, 0.1) is 0 Å². The summed E-state index contributed by atoms with van der Waals surface area (Å²) >= 11 is 13.0. The third kappa shape index (κ3) is 3.82. The summed E-state index contributed by atoms with van der Waals surface area (Å²) in [6.45, 7) is 0. The number of anilines is 1. The normalized spacial score (nSPS) is 17.2. The van der Waals surface area contributed by atoms with Gasteiger partial charge >= 0.3 is 0 Å². The Morgan fingerprint density at radius 2 is 2.00 bits per heavy atom. The van der Waals surface area contributed by atoms with E-state index in [1.165, 1.54) is 6.07 Å². The van der Waals surface area contributed by atoms with Crippen molar-refractivity contribution in [2.24, 2.45) is 0 Å². The molecule has 2 aromatic rings. The van der Waals surface area contributed by atoms with E-state index in [-0.39, 0.29) is 9.23 Å². The standard InChI is InChI=1S/C17H20Cl2N2O3S2/c1-21(2)10-4-5-11-12(8-10)14(24-3)7-6-13(11)20-26(22,23)15-9-16(18)25-17(15)19/h6-7,9-10,20H,4-5,8H2,1-3H3. The lowest BCUT2D eigenvalue weighted by molar-refractivity contribution is 0.265. The minimum Gasteiger partial charge on any atom is -0.496 e. The van der Waals surface area contributed by atoms with Gasteiger partial charge in [0, 0.05) is 11.6 Å². The molecule has 1 heterocycles. The fourth-order valence-electron chi connectivity index (χ4n) is 3.27. The van der Waals surface area contributed by atoms with Crippen molar-refractivity contribution in [2.75, 3.05) is 25.9 Å². The maximum Gasteiger partial charge on any atom is 0.264 e. The first-order chi connectivity index (χ1) is 12.2. The topological polar surface area (TPSA) is 58.6 Å². The lowest BCUT2D eigenvalue weighted by Gasteiger charge is -2.32. The van der Waals surface area contributed by atoms with E-state index in [4.69, 9.17) is 27.9 Å². The number of nitrogens with one attached hydrogen (secondary N) is 1. The molecule has 0 saturated carbocycles. The summed E-state index contributed by atoms with van der Waals surface area (Å²) in [5, 5.41) is 0. The van der Waals surface area contributed by atoms with Gasteiger partial charge in [-0.2, -0.15) is 0 Å². The zero-order valence-electron chi connectivity index (χ0n) is 14.7. The van der Waals surface area contributed by atoms with Gasteiger partial charge in [-0.15, -0.1) is 11.3 Å². The van der Waals surface area contributed by atoms with E-state index in [0.29, 0.717) is 16.1 Å². The van der Waals surface area contributed by atoms with Gasteiger partial charge in [0.25, 0.3) is 10.0 Å². The number of ether oxygens (including phenoxy) is 1. The summed E-state index contributed by atoms with van der Waals surface area (Å²) < 4.78 is 34.2. The average molecular weight is 435 g/mol. The SMILES string of the molecule is COc1ccc(NS(=O)(=O)c2cc(Cl)sc2Cl)c2c1CC(N(C)C)CC2. The van der Waals surface area contributed by atoms with Crippen LogP contribution in [0.15, 0.2) is 23.1 Å². The number of hydrogen-bond acceptors (Lipinski definition) is 5. The van der Waals surface area contributed by atoms with Gasteiger partial charge in [-0.1, -0.05) is 23.2 Å². The fourth-order valence-corrected chi connectivity index (χ4v) is 6.51. The molecular weight excluding hydrogens is 415 g/mol. The number of sulfonamides is 1. The number of benzene rings is 1. The highest BCUT2D eigenvalue weighted by atomic mass is 35.5. The van der Waals surface area contributed by atoms with Crippen molar-refractivity contribution in [1.29, 1.82) is 0 Å². The molecule has 0 amide bonds. The molecule has 1 unspecified atom stereocenters. The minimum absolute atomic E-state index is 0.000659. The van der Waals surface area contributed by atoms with Crippen LogP contribution < -0.4 is 9.46 Å². The number of likely N-dealkylation sites (N-methyl/N-ethyl adjacent to an activating group) is 1. The molecule has 0 bridgehead atoms. The van der Waals surface area contributed by atoms with Crippen molar-refractivity contribution in [3.8, 4) is 5.75 Å². The molecule has 1 aliphatic carbocycles. The van der Waals surface area contributed by atoms with Crippen LogP contribution in [0.4, 0.5) is 5.69 Å². The second kappa shape index (κ2) is 7.56. The van der Waals surface area contributed by atoms with Crippen LogP contribution in [-0.4, -0.2) is 40.6 Å². The molecule has 1 aliphatic rings. The van der Waals surface area contributed by atoms with E-state index < -0.39 is 10.0 Å². The second-order valence-electron chi connectivity index (χ2n) is 6.43. The molecule has 9 heteroatoms. The van der Waals surface area contributed by atoms with Crippen LogP contribution in [0.1, 0.15) is 17.5 Å². The van der Waals surface area contributed by atoms with E-state index >= 15 is 0 Å². The van der Waals surface area contributed by atoms with E-state index in [9.17, 15) is 8.42 Å². The van der Waals surface area contributed by atoms with Crippen molar-refractivity contribution in [3.63, 3.8) is 0 Å². The predicted octanol–water partition coefficient (Wildman–Crippen LogP) is 4.28. The fraction of sp³-hybridized carbons (Fsp3) is 0.412. The molecule has 26 heavy (non-hydrogen) atoms. The largest absolute Gasteiger partial charge is 0.496 e. The van der Waals surface area contributed by atoms with Crippen LogP contribution in [0.5, 0.6) is 5.75 Å². The molecule has 1 atom stereocenters. The van der Waals surface area contributed by atoms with Crippen molar-refractivity contribution >= 4 is 50.2 Å². The van der Waals surface area contributed by atoms with E-state index in [1.54, 1.807) is 19.2 Å². The van der Waals surface area contributed by atoms with Crippen molar-refractivity contribution in [2.45, 2.75) is 30.2 Å². The monoisotopic (exact) mass is 434 g/mol. The zero-order chi connectivity index (χ0) is 19.1. The van der Waals surface area contributed by atoms with Gasteiger partial charge in [0.05, 0.1) is 17.1 Å². The van der Waals surface area contributed by atoms with Gasteiger partial charge in [-0.3, -0.25) is 4.72 Å². The molecule has 1 aromatic heterocycles. The number of fused-ring (bicyclic) bond motifs is 1. The minimum atomic E-state index is -3.81. The molecular formula is C17H20Cl2N2O3S2. The van der Waals surface area contributed by atoms with Gasteiger partial charge in [0.1, 0.15) is 15.0 Å². The molecule has 0 aliphatic heterocycles. The highest BCUT2D eigenvalue weighted by Gasteiger charge is 2.28. The lowest BCUT2D eigenvalue weighted by Crippen LogP contribution is -2.34. The number of thiophene rings is 1. The van der Waals surface area contributed by atoms with Crippen molar-refractivity contribution in [3.05, 3.63) is 38.0 Å². The van der Waals surface area contributed by atoms with Crippen LogP contribution >= 0.6 is 34.5 Å². The smallest absolute Gasteiger partial charge is 0.264 e. The van der Waals surface area contributed by atoms with Crippen LogP contribution in [-0.2, 0) is 22.9 Å². The highest BCUT2D eigenvalue weighted by molar-refractivity contribution is 7.93. The molecule has 0 spiro atoms. The summed E-state index contributed by atoms with van der Waals surface area (Å²) in [6.07, 6.45) is 2.53. The van der Waals surface area contributed by atoms with Gasteiger partial charge in [0.2, 0.25) is 0 Å². The quantitative estimate of drug-likeness (QED) is 0.762. The maximum absolute atomic E-state index is 12.8. The first-order valence-electron chi connectivity index (χ1n) is 8.05. The van der Waals surface area contributed by atoms with Gasteiger partial charge in [0.15, 0.2) is 0 Å². The van der Waals surface area contributed by atoms with Gasteiger partial charge in [-0.05, 0) is 57.1 Å². The van der Waals surface area contributed by atoms with E-state index in [2.05, 4.69) is 23.7 Å². The van der Waals surface area contributed by atoms with Crippen molar-refractivity contribution < 1.29 is 13.2 Å². The maximum atomic E-state index is 12.8. The first-order valence-corrected chi connectivity index (χ1v) is 11.1.